The quantitative estimate of drug-likeness (QED) is 0.557. The number of hydrogen-bond acceptors (Lipinski definition) is 3. The predicted octanol–water partition coefficient (Wildman–Crippen LogP) is 4.25. The Balaban J connectivity index is 2.06. The van der Waals surface area contributed by atoms with Crippen LogP contribution in [0.5, 0.6) is 0 Å². The molecule has 1 N–H and O–H groups in total. The molecule has 5 nitrogen and oxygen atoms in total. The lowest BCUT2D eigenvalue weighted by atomic mass is 10.0. The molecule has 0 aromatic heterocycles. The van der Waals surface area contributed by atoms with Crippen molar-refractivity contribution in [3.8, 4) is 0 Å². The summed E-state index contributed by atoms with van der Waals surface area (Å²) < 4.78 is 0. The number of anilines is 1. The van der Waals surface area contributed by atoms with E-state index in [9.17, 15) is 4.79 Å². The molecule has 7 heteroatoms. The van der Waals surface area contributed by atoms with Crippen LogP contribution in [0.25, 0.3) is 0 Å². The Bertz CT molecular complexity index is 1010. The first-order chi connectivity index (χ1) is 14.3. The second-order valence-electron chi connectivity index (χ2n) is 7.23. The number of benzene rings is 2. The van der Waals surface area contributed by atoms with Crippen LogP contribution >= 0.6 is 23.8 Å². The van der Waals surface area contributed by atoms with Crippen LogP contribution in [-0.2, 0) is 4.79 Å². The second kappa shape index (κ2) is 9.41. The van der Waals surface area contributed by atoms with Gasteiger partial charge in [-0.1, -0.05) is 54.1 Å². The van der Waals surface area contributed by atoms with Crippen molar-refractivity contribution in [2.75, 3.05) is 25.0 Å². The number of rotatable bonds is 5. The SMILES string of the molecule is C=C(C)CN(CC)C(=S)NC1N=C(c2ccccc2)c2cc(Cl)ccc2N(C)C1=O. The summed E-state index contributed by atoms with van der Waals surface area (Å²) in [5.41, 5.74) is 4.12. The minimum Gasteiger partial charge on any atom is -0.346 e. The number of hydrogen-bond donors (Lipinski definition) is 1. The summed E-state index contributed by atoms with van der Waals surface area (Å²) in [6.45, 7) is 9.22. The molecule has 1 aliphatic rings. The van der Waals surface area contributed by atoms with Crippen LogP contribution in [0.3, 0.4) is 0 Å². The molecule has 0 saturated carbocycles. The van der Waals surface area contributed by atoms with Gasteiger partial charge in [-0.2, -0.15) is 0 Å². The summed E-state index contributed by atoms with van der Waals surface area (Å²) in [5, 5.41) is 4.20. The number of nitrogens with zero attached hydrogens (tertiary/aromatic N) is 3. The fourth-order valence-electron chi connectivity index (χ4n) is 3.33. The van der Waals surface area contributed by atoms with Crippen LogP contribution < -0.4 is 10.2 Å². The maximum absolute atomic E-state index is 13.3. The van der Waals surface area contributed by atoms with E-state index in [1.807, 2.05) is 61.2 Å². The van der Waals surface area contributed by atoms with Gasteiger partial charge in [0.25, 0.3) is 5.91 Å². The van der Waals surface area contributed by atoms with Gasteiger partial charge in [-0.25, -0.2) is 4.99 Å². The maximum Gasteiger partial charge on any atom is 0.272 e. The van der Waals surface area contributed by atoms with Crippen molar-refractivity contribution in [3.05, 3.63) is 76.8 Å². The Kier molecular flexibility index (Phi) is 6.90. The van der Waals surface area contributed by atoms with Gasteiger partial charge in [0.05, 0.1) is 11.4 Å². The molecule has 1 atom stereocenters. The van der Waals surface area contributed by atoms with Crippen LogP contribution in [0.1, 0.15) is 25.0 Å². The van der Waals surface area contributed by atoms with Gasteiger partial charge >= 0.3 is 0 Å². The molecule has 1 amide bonds. The van der Waals surface area contributed by atoms with E-state index in [4.69, 9.17) is 28.8 Å². The molecule has 2 aromatic carbocycles. The van der Waals surface area contributed by atoms with Crippen molar-refractivity contribution in [2.24, 2.45) is 4.99 Å². The lowest BCUT2D eigenvalue weighted by Gasteiger charge is -2.27. The zero-order chi connectivity index (χ0) is 21.8. The molecular formula is C23H25ClN4OS. The molecule has 0 fully saturated rings. The molecule has 2 aromatic rings. The lowest BCUT2D eigenvalue weighted by Crippen LogP contribution is -2.50. The molecule has 0 aliphatic carbocycles. The Morgan fingerprint density at radius 3 is 2.63 bits per heavy atom. The van der Waals surface area contributed by atoms with E-state index in [2.05, 4.69) is 11.9 Å². The van der Waals surface area contributed by atoms with Gasteiger partial charge in [0.2, 0.25) is 6.17 Å². The zero-order valence-electron chi connectivity index (χ0n) is 17.4. The van der Waals surface area contributed by atoms with Crippen LogP contribution in [0.15, 0.2) is 65.7 Å². The Morgan fingerprint density at radius 1 is 1.30 bits per heavy atom. The van der Waals surface area contributed by atoms with Crippen LogP contribution in [0.2, 0.25) is 5.02 Å². The Hall–Kier alpha value is -2.70. The topological polar surface area (TPSA) is 47.9 Å². The fraction of sp³-hybridized carbons (Fsp3) is 0.261. The summed E-state index contributed by atoms with van der Waals surface area (Å²) in [5.74, 6) is -0.196. The van der Waals surface area contributed by atoms with E-state index in [1.165, 1.54) is 0 Å². The highest BCUT2D eigenvalue weighted by atomic mass is 35.5. The highest BCUT2D eigenvalue weighted by molar-refractivity contribution is 7.80. The van der Waals surface area contributed by atoms with Gasteiger partial charge in [-0.3, -0.25) is 4.79 Å². The predicted molar refractivity (Wildman–Crippen MR) is 129 cm³/mol. The molecule has 30 heavy (non-hydrogen) atoms. The molecule has 1 unspecified atom stereocenters. The molecule has 156 valence electrons. The van der Waals surface area contributed by atoms with Gasteiger partial charge in [0, 0.05) is 36.3 Å². The number of carbonyl (C=O) groups excluding carboxylic acids is 1. The first kappa shape index (κ1) is 22.0. The molecule has 0 spiro atoms. The Morgan fingerprint density at radius 2 is 2.00 bits per heavy atom. The van der Waals surface area contributed by atoms with E-state index in [0.717, 1.165) is 22.4 Å². The van der Waals surface area contributed by atoms with E-state index in [1.54, 1.807) is 18.0 Å². The fourth-order valence-corrected chi connectivity index (χ4v) is 3.81. The van der Waals surface area contributed by atoms with Gasteiger partial charge in [-0.15, -0.1) is 0 Å². The average molecular weight is 441 g/mol. The van der Waals surface area contributed by atoms with Crippen molar-refractivity contribution in [1.29, 1.82) is 0 Å². The van der Waals surface area contributed by atoms with E-state index >= 15 is 0 Å². The van der Waals surface area contributed by atoms with Gasteiger partial charge in [0.1, 0.15) is 0 Å². The number of aliphatic imine (C=N–C) groups is 1. The zero-order valence-corrected chi connectivity index (χ0v) is 18.9. The molecule has 0 bridgehead atoms. The molecule has 1 heterocycles. The number of likely N-dealkylation sites (N-methyl/N-ethyl adjacent to an activating group) is 2. The summed E-state index contributed by atoms with van der Waals surface area (Å²) >= 11 is 11.9. The minimum absolute atomic E-state index is 0.196. The first-order valence-corrected chi connectivity index (χ1v) is 10.5. The van der Waals surface area contributed by atoms with E-state index in [0.29, 0.717) is 28.9 Å². The van der Waals surface area contributed by atoms with Crippen molar-refractivity contribution < 1.29 is 4.79 Å². The molecular weight excluding hydrogens is 416 g/mol. The van der Waals surface area contributed by atoms with Gasteiger partial charge < -0.3 is 15.1 Å². The molecule has 0 radical (unpaired) electrons. The standard InChI is InChI=1S/C23H25ClN4OS/c1-5-28(14-15(2)3)23(30)26-21-22(29)27(4)19-12-11-17(24)13-18(19)20(25-21)16-9-7-6-8-10-16/h6-13,21H,2,5,14H2,1,3-4H3,(H,26,30). The number of nitrogens with one attached hydrogen (secondary N) is 1. The van der Waals surface area contributed by atoms with E-state index < -0.39 is 6.17 Å². The third kappa shape index (κ3) is 4.71. The largest absolute Gasteiger partial charge is 0.346 e. The number of thiocarbonyl (C=S) groups is 1. The normalized spacial score (nSPS) is 15.7. The number of fused-ring (bicyclic) bond motifs is 1. The smallest absolute Gasteiger partial charge is 0.272 e. The third-order valence-electron chi connectivity index (χ3n) is 4.83. The number of benzodiazepines with no additional fused rings is 1. The number of halogens is 1. The number of amides is 1. The Labute approximate surface area is 188 Å². The average Bonchev–Trinajstić information content (AvgIpc) is 2.82. The molecule has 0 saturated heterocycles. The molecule has 3 rings (SSSR count). The molecule has 1 aliphatic heterocycles. The van der Waals surface area contributed by atoms with Crippen molar-refractivity contribution in [2.45, 2.75) is 20.0 Å². The van der Waals surface area contributed by atoms with Gasteiger partial charge in [-0.05, 0) is 44.3 Å². The monoisotopic (exact) mass is 440 g/mol. The van der Waals surface area contributed by atoms with Crippen LogP contribution in [-0.4, -0.2) is 47.9 Å². The van der Waals surface area contributed by atoms with Crippen LogP contribution in [0, 0.1) is 0 Å². The third-order valence-corrected chi connectivity index (χ3v) is 5.45. The summed E-state index contributed by atoms with van der Waals surface area (Å²) in [4.78, 5) is 21.6. The lowest BCUT2D eigenvalue weighted by molar-refractivity contribution is -0.119. The second-order valence-corrected chi connectivity index (χ2v) is 8.05. The van der Waals surface area contributed by atoms with Crippen molar-refractivity contribution in [3.63, 3.8) is 0 Å². The maximum atomic E-state index is 13.3. The van der Waals surface area contributed by atoms with E-state index in [-0.39, 0.29) is 5.91 Å². The summed E-state index contributed by atoms with van der Waals surface area (Å²) in [6, 6.07) is 15.2. The first-order valence-electron chi connectivity index (χ1n) is 9.72. The number of carbonyl (C=O) groups is 1. The van der Waals surface area contributed by atoms with Crippen LogP contribution in [0.4, 0.5) is 5.69 Å². The summed E-state index contributed by atoms with van der Waals surface area (Å²) in [7, 11) is 1.74. The van der Waals surface area contributed by atoms with Crippen molar-refractivity contribution >= 4 is 46.2 Å². The van der Waals surface area contributed by atoms with Gasteiger partial charge in [0.15, 0.2) is 5.11 Å². The minimum atomic E-state index is -0.858. The highest BCUT2D eigenvalue weighted by Gasteiger charge is 2.31. The summed E-state index contributed by atoms with van der Waals surface area (Å²) in [6.07, 6.45) is -0.858. The van der Waals surface area contributed by atoms with Crippen molar-refractivity contribution in [1.82, 2.24) is 10.2 Å². The highest BCUT2D eigenvalue weighted by Crippen LogP contribution is 2.29.